The zero-order valence-corrected chi connectivity index (χ0v) is 18.7. The molecule has 0 unspecified atom stereocenters. The Balaban J connectivity index is 1.83. The van der Waals surface area contributed by atoms with Gasteiger partial charge in [-0.15, -0.1) is 0 Å². The van der Waals surface area contributed by atoms with Crippen LogP contribution in [0.4, 0.5) is 8.78 Å². The molecule has 7 heteroatoms. The fourth-order valence-corrected chi connectivity index (χ4v) is 3.76. The molecule has 0 aromatic heterocycles. The largest absolute Gasteiger partial charge is 0.487 e. The van der Waals surface area contributed by atoms with Crippen LogP contribution in [0.3, 0.4) is 0 Å². The first-order valence-electron chi connectivity index (χ1n) is 11.1. The Morgan fingerprint density at radius 3 is 2.59 bits per heavy atom. The van der Waals surface area contributed by atoms with Crippen LogP contribution in [0.25, 0.3) is 0 Å². The quantitative estimate of drug-likeness (QED) is 0.274. The van der Waals surface area contributed by atoms with Crippen LogP contribution in [-0.4, -0.2) is 47.0 Å². The van der Waals surface area contributed by atoms with Crippen LogP contribution < -0.4 is 4.74 Å². The van der Waals surface area contributed by atoms with Gasteiger partial charge in [-0.05, 0) is 57.2 Å². The lowest BCUT2D eigenvalue weighted by molar-refractivity contribution is -0.147. The third-order valence-corrected chi connectivity index (χ3v) is 5.35. The Hall–Kier alpha value is -2.25. The van der Waals surface area contributed by atoms with Gasteiger partial charge >= 0.3 is 5.97 Å². The first-order chi connectivity index (χ1) is 15.2. The molecule has 2 rings (SSSR count). The van der Waals surface area contributed by atoms with E-state index in [9.17, 15) is 23.8 Å². The highest BCUT2D eigenvalue weighted by Gasteiger charge is 2.40. The molecule has 1 saturated carbocycles. The molecule has 1 aliphatic rings. The number of hydrogen-bond acceptors (Lipinski definition) is 5. The lowest BCUT2D eigenvalue weighted by atomic mass is 9.89. The van der Waals surface area contributed by atoms with E-state index in [1.165, 1.54) is 6.08 Å². The van der Waals surface area contributed by atoms with Crippen LogP contribution in [0.15, 0.2) is 54.6 Å². The molecule has 1 aliphatic carbocycles. The van der Waals surface area contributed by atoms with E-state index in [1.54, 1.807) is 44.2 Å². The third kappa shape index (κ3) is 9.09. The predicted molar refractivity (Wildman–Crippen MR) is 118 cm³/mol. The van der Waals surface area contributed by atoms with Crippen LogP contribution >= 0.6 is 0 Å². The second kappa shape index (κ2) is 12.7. The highest BCUT2D eigenvalue weighted by atomic mass is 19.3. The van der Waals surface area contributed by atoms with E-state index in [1.807, 2.05) is 12.2 Å². The lowest BCUT2D eigenvalue weighted by Crippen LogP contribution is -2.25. The van der Waals surface area contributed by atoms with E-state index in [0.29, 0.717) is 31.4 Å². The Bertz CT molecular complexity index is 748. The molecule has 1 aromatic carbocycles. The number of rotatable bonds is 12. The summed E-state index contributed by atoms with van der Waals surface area (Å²) in [5, 5.41) is 20.5. The molecule has 178 valence electrons. The van der Waals surface area contributed by atoms with Crippen molar-refractivity contribution in [2.75, 3.05) is 6.61 Å². The number of hydrogen-bond donors (Lipinski definition) is 2. The van der Waals surface area contributed by atoms with Gasteiger partial charge in [0.05, 0.1) is 18.3 Å². The maximum atomic E-state index is 14.2. The molecule has 5 nitrogen and oxygen atoms in total. The molecule has 0 spiro atoms. The van der Waals surface area contributed by atoms with Gasteiger partial charge in [0.1, 0.15) is 5.75 Å². The summed E-state index contributed by atoms with van der Waals surface area (Å²) in [6.45, 7) is 2.80. The van der Waals surface area contributed by atoms with Gasteiger partial charge < -0.3 is 19.7 Å². The molecule has 1 aromatic rings. The zero-order chi connectivity index (χ0) is 23.6. The topological polar surface area (TPSA) is 76.0 Å². The predicted octanol–water partition coefficient (Wildman–Crippen LogP) is 4.68. The van der Waals surface area contributed by atoms with Crippen molar-refractivity contribution in [3.8, 4) is 5.75 Å². The fourth-order valence-electron chi connectivity index (χ4n) is 3.76. The van der Waals surface area contributed by atoms with Crippen molar-refractivity contribution in [1.82, 2.24) is 0 Å². The standard InChI is InChI=1S/C25H34F2O5/c1-18(2)32-24(30)13-9-4-3-8-12-20-21(23(29)16-22(20)28)14-15-25(26,27)17-31-19-10-6-5-7-11-19/h3,5-8,10-11,14-15,18,20-23,28-29H,4,9,12-13,16-17H2,1-2H3/t20-,21-,22+,23-/m1/s1. The van der Waals surface area contributed by atoms with Crippen LogP contribution in [0, 0.1) is 11.8 Å². The number of benzene rings is 1. The molecule has 0 bridgehead atoms. The minimum atomic E-state index is -3.20. The number of aliphatic hydroxyl groups excluding tert-OH is 2. The van der Waals surface area contributed by atoms with Gasteiger partial charge in [0.25, 0.3) is 5.92 Å². The molecule has 0 amide bonds. The summed E-state index contributed by atoms with van der Waals surface area (Å²) in [7, 11) is 0. The molecular weight excluding hydrogens is 418 g/mol. The molecule has 0 radical (unpaired) electrons. The van der Waals surface area contributed by atoms with Gasteiger partial charge in [-0.3, -0.25) is 4.79 Å². The van der Waals surface area contributed by atoms with Crippen LogP contribution in [0.2, 0.25) is 0 Å². The number of unbranched alkanes of at least 4 members (excludes halogenated alkanes) is 1. The number of para-hydroxylation sites is 1. The summed E-state index contributed by atoms with van der Waals surface area (Å²) in [5.41, 5.74) is 0. The van der Waals surface area contributed by atoms with Gasteiger partial charge in [-0.2, -0.15) is 8.78 Å². The van der Waals surface area contributed by atoms with E-state index < -0.39 is 30.7 Å². The number of aliphatic hydroxyl groups is 2. The maximum Gasteiger partial charge on any atom is 0.306 e. The number of allylic oxidation sites excluding steroid dienone is 2. The minimum absolute atomic E-state index is 0.129. The van der Waals surface area contributed by atoms with Crippen molar-refractivity contribution in [2.45, 2.75) is 70.2 Å². The first kappa shape index (κ1) is 26.0. The Morgan fingerprint density at radius 1 is 1.19 bits per heavy atom. The maximum absolute atomic E-state index is 14.2. The number of esters is 1. The minimum Gasteiger partial charge on any atom is -0.487 e. The molecule has 4 atom stereocenters. The first-order valence-corrected chi connectivity index (χ1v) is 11.1. The highest BCUT2D eigenvalue weighted by molar-refractivity contribution is 5.69. The average molecular weight is 453 g/mol. The van der Waals surface area contributed by atoms with Crippen molar-refractivity contribution < 1.29 is 33.3 Å². The lowest BCUT2D eigenvalue weighted by Gasteiger charge is -2.20. The Kier molecular flexibility index (Phi) is 10.3. The zero-order valence-electron chi connectivity index (χ0n) is 18.7. The number of halogens is 2. The van der Waals surface area contributed by atoms with Gasteiger partial charge in [0, 0.05) is 18.8 Å². The second-order valence-corrected chi connectivity index (χ2v) is 8.47. The Labute approximate surface area is 188 Å². The van der Waals surface area contributed by atoms with Crippen molar-refractivity contribution in [3.05, 3.63) is 54.6 Å². The van der Waals surface area contributed by atoms with Crippen molar-refractivity contribution in [1.29, 1.82) is 0 Å². The summed E-state index contributed by atoms with van der Waals surface area (Å²) >= 11 is 0. The van der Waals surface area contributed by atoms with E-state index in [4.69, 9.17) is 9.47 Å². The van der Waals surface area contributed by atoms with Gasteiger partial charge in [0.2, 0.25) is 0 Å². The summed E-state index contributed by atoms with van der Waals surface area (Å²) in [6, 6.07) is 8.39. The summed E-state index contributed by atoms with van der Waals surface area (Å²) < 4.78 is 38.7. The highest BCUT2D eigenvalue weighted by Crippen LogP contribution is 2.37. The van der Waals surface area contributed by atoms with Crippen LogP contribution in [0.1, 0.15) is 46.0 Å². The van der Waals surface area contributed by atoms with Crippen LogP contribution in [-0.2, 0) is 9.53 Å². The third-order valence-electron chi connectivity index (χ3n) is 5.35. The number of carbonyl (C=O) groups excluding carboxylic acids is 1. The second-order valence-electron chi connectivity index (χ2n) is 8.47. The van der Waals surface area contributed by atoms with Crippen molar-refractivity contribution >= 4 is 5.97 Å². The van der Waals surface area contributed by atoms with E-state index >= 15 is 0 Å². The summed E-state index contributed by atoms with van der Waals surface area (Å²) in [4.78, 5) is 11.5. The molecule has 32 heavy (non-hydrogen) atoms. The molecule has 1 fully saturated rings. The number of ether oxygens (including phenoxy) is 2. The van der Waals surface area contributed by atoms with Gasteiger partial charge in [-0.1, -0.05) is 36.4 Å². The normalized spacial score (nSPS) is 24.0. The van der Waals surface area contributed by atoms with E-state index in [-0.39, 0.29) is 24.4 Å². The van der Waals surface area contributed by atoms with Crippen LogP contribution in [0.5, 0.6) is 5.75 Å². The van der Waals surface area contributed by atoms with Gasteiger partial charge in [-0.25, -0.2) is 0 Å². The summed E-state index contributed by atoms with van der Waals surface area (Å²) in [5.74, 6) is -4.00. The number of carbonyl (C=O) groups is 1. The molecule has 2 N–H and O–H groups in total. The monoisotopic (exact) mass is 452 g/mol. The fraction of sp³-hybridized carbons (Fsp3) is 0.560. The average Bonchev–Trinajstić information content (AvgIpc) is 3.00. The van der Waals surface area contributed by atoms with E-state index in [2.05, 4.69) is 0 Å². The molecule has 0 heterocycles. The van der Waals surface area contributed by atoms with Crippen molar-refractivity contribution in [3.63, 3.8) is 0 Å². The summed E-state index contributed by atoms with van der Waals surface area (Å²) in [6.07, 6.45) is 6.33. The molecular formula is C25H34F2O5. The smallest absolute Gasteiger partial charge is 0.306 e. The van der Waals surface area contributed by atoms with E-state index in [0.717, 1.165) is 6.08 Å². The number of alkyl halides is 2. The van der Waals surface area contributed by atoms with Crippen molar-refractivity contribution in [2.24, 2.45) is 11.8 Å². The SMILES string of the molecule is CC(C)OC(=O)CCCC=CC[C@@H]1[C@@H](C=CC(F)(F)COc2ccccc2)[C@H](O)C[C@@H]1O. The Morgan fingerprint density at radius 2 is 1.91 bits per heavy atom. The molecule has 0 aliphatic heterocycles. The molecule has 0 saturated heterocycles. The van der Waals surface area contributed by atoms with Gasteiger partial charge in [0.15, 0.2) is 6.61 Å².